The van der Waals surface area contributed by atoms with Crippen molar-refractivity contribution in [3.8, 4) is 5.75 Å². The first-order chi connectivity index (χ1) is 13.5. The zero-order valence-corrected chi connectivity index (χ0v) is 14.8. The van der Waals surface area contributed by atoms with E-state index in [9.17, 15) is 19.5 Å². The summed E-state index contributed by atoms with van der Waals surface area (Å²) in [5, 5.41) is 13.5. The molecule has 0 bridgehead atoms. The smallest absolute Gasteiger partial charge is 0.256 e. The molecular weight excluding hydrogens is 360 g/mol. The van der Waals surface area contributed by atoms with E-state index in [1.165, 1.54) is 23.3 Å². The summed E-state index contributed by atoms with van der Waals surface area (Å²) in [6, 6.07) is 9.30. The molecule has 0 radical (unpaired) electrons. The number of aromatic hydroxyl groups is 1. The second-order valence-corrected chi connectivity index (χ2v) is 6.68. The Hall–Kier alpha value is -3.68. The van der Waals surface area contributed by atoms with Crippen molar-refractivity contribution in [3.05, 3.63) is 60.3 Å². The van der Waals surface area contributed by atoms with E-state index in [1.54, 1.807) is 24.3 Å². The Bertz CT molecular complexity index is 988. The van der Waals surface area contributed by atoms with Crippen molar-refractivity contribution >= 4 is 29.2 Å². The quantitative estimate of drug-likeness (QED) is 0.708. The first-order valence-electron chi connectivity index (χ1n) is 8.89. The first kappa shape index (κ1) is 17.7. The number of hydrogen-bond acceptors (Lipinski definition) is 5. The van der Waals surface area contributed by atoms with Crippen LogP contribution in [0.2, 0.25) is 0 Å². The number of nitrogens with one attached hydrogen (secondary N) is 2. The SMILES string of the molecule is O=C(Nc1ncccc1O)c1cccc(N2NC(=O)[C@H]3CC=CC[C@@H]3C2=O)c1. The van der Waals surface area contributed by atoms with Crippen LogP contribution < -0.4 is 15.8 Å². The van der Waals surface area contributed by atoms with Gasteiger partial charge < -0.3 is 10.4 Å². The Kier molecular flexibility index (Phi) is 4.52. The number of amides is 3. The van der Waals surface area contributed by atoms with Crippen LogP contribution in [0.3, 0.4) is 0 Å². The van der Waals surface area contributed by atoms with E-state index in [2.05, 4.69) is 15.7 Å². The normalized spacial score (nSPS) is 21.1. The number of hydrogen-bond donors (Lipinski definition) is 3. The van der Waals surface area contributed by atoms with Crippen LogP contribution in [-0.4, -0.2) is 27.8 Å². The van der Waals surface area contributed by atoms with Crippen molar-refractivity contribution in [1.82, 2.24) is 10.4 Å². The zero-order valence-electron chi connectivity index (χ0n) is 14.8. The molecule has 1 aliphatic carbocycles. The Balaban J connectivity index is 1.57. The molecule has 142 valence electrons. The molecule has 8 nitrogen and oxygen atoms in total. The maximum atomic E-state index is 12.9. The number of pyridine rings is 1. The maximum absolute atomic E-state index is 12.9. The fourth-order valence-corrected chi connectivity index (χ4v) is 3.44. The molecule has 0 unspecified atom stereocenters. The Labute approximate surface area is 160 Å². The summed E-state index contributed by atoms with van der Waals surface area (Å²) in [5.41, 5.74) is 3.29. The van der Waals surface area contributed by atoms with Crippen LogP contribution in [0.15, 0.2) is 54.7 Å². The van der Waals surface area contributed by atoms with Crippen molar-refractivity contribution in [2.45, 2.75) is 12.8 Å². The van der Waals surface area contributed by atoms with Gasteiger partial charge in [-0.25, -0.2) is 9.99 Å². The summed E-state index contributed by atoms with van der Waals surface area (Å²) in [4.78, 5) is 41.7. The van der Waals surface area contributed by atoms with Gasteiger partial charge in [0.2, 0.25) is 11.8 Å². The van der Waals surface area contributed by atoms with Gasteiger partial charge in [-0.05, 0) is 43.2 Å². The Morgan fingerprint density at radius 1 is 1.14 bits per heavy atom. The molecule has 1 aromatic carbocycles. The molecule has 1 fully saturated rings. The summed E-state index contributed by atoms with van der Waals surface area (Å²) in [6.45, 7) is 0. The third kappa shape index (κ3) is 3.20. The molecule has 28 heavy (non-hydrogen) atoms. The van der Waals surface area contributed by atoms with Crippen LogP contribution in [-0.2, 0) is 9.59 Å². The van der Waals surface area contributed by atoms with Gasteiger partial charge in [-0.15, -0.1) is 0 Å². The van der Waals surface area contributed by atoms with Crippen LogP contribution in [0.1, 0.15) is 23.2 Å². The molecule has 0 spiro atoms. The monoisotopic (exact) mass is 378 g/mol. The molecule has 0 saturated carbocycles. The van der Waals surface area contributed by atoms with Crippen LogP contribution in [0.25, 0.3) is 0 Å². The van der Waals surface area contributed by atoms with Crippen molar-refractivity contribution in [1.29, 1.82) is 0 Å². The predicted molar refractivity (Wildman–Crippen MR) is 101 cm³/mol. The molecular formula is C20H18N4O4. The highest BCUT2D eigenvalue weighted by Gasteiger charge is 2.42. The minimum Gasteiger partial charge on any atom is -0.504 e. The van der Waals surface area contributed by atoms with Crippen LogP contribution in [0.4, 0.5) is 11.5 Å². The third-order valence-corrected chi connectivity index (χ3v) is 4.91. The third-order valence-electron chi connectivity index (χ3n) is 4.91. The highest BCUT2D eigenvalue weighted by Crippen LogP contribution is 2.32. The van der Waals surface area contributed by atoms with E-state index in [4.69, 9.17) is 0 Å². The molecule has 3 amide bonds. The second-order valence-electron chi connectivity index (χ2n) is 6.68. The van der Waals surface area contributed by atoms with Gasteiger partial charge in [0.05, 0.1) is 17.5 Å². The van der Waals surface area contributed by atoms with Crippen molar-refractivity contribution in [2.24, 2.45) is 11.8 Å². The summed E-state index contributed by atoms with van der Waals surface area (Å²) in [7, 11) is 0. The van der Waals surface area contributed by atoms with Gasteiger partial charge in [0.25, 0.3) is 5.91 Å². The fourth-order valence-electron chi connectivity index (χ4n) is 3.44. The topological polar surface area (TPSA) is 112 Å². The van der Waals surface area contributed by atoms with Gasteiger partial charge in [-0.2, -0.15) is 0 Å². The number of anilines is 2. The van der Waals surface area contributed by atoms with Gasteiger partial charge in [0, 0.05) is 11.8 Å². The lowest BCUT2D eigenvalue weighted by atomic mass is 9.80. The van der Waals surface area contributed by atoms with Crippen LogP contribution in [0, 0.1) is 11.8 Å². The summed E-state index contributed by atoms with van der Waals surface area (Å²) < 4.78 is 0. The van der Waals surface area contributed by atoms with E-state index in [1.807, 2.05) is 12.2 Å². The van der Waals surface area contributed by atoms with Crippen LogP contribution >= 0.6 is 0 Å². The van der Waals surface area contributed by atoms with Crippen LogP contribution in [0.5, 0.6) is 5.75 Å². The average molecular weight is 378 g/mol. The summed E-state index contributed by atoms with van der Waals surface area (Å²) in [6.07, 6.45) is 6.35. The molecule has 4 rings (SSSR count). The van der Waals surface area contributed by atoms with Crippen molar-refractivity contribution in [2.75, 3.05) is 10.3 Å². The number of rotatable bonds is 3. The summed E-state index contributed by atoms with van der Waals surface area (Å²) in [5.74, 6) is -1.77. The molecule has 1 aromatic heterocycles. The van der Waals surface area contributed by atoms with Crippen molar-refractivity contribution in [3.63, 3.8) is 0 Å². The zero-order chi connectivity index (χ0) is 19.7. The molecule has 2 aromatic rings. The fraction of sp³-hybridized carbons (Fsp3) is 0.200. The molecule has 2 atom stereocenters. The first-order valence-corrected chi connectivity index (χ1v) is 8.89. The minimum absolute atomic E-state index is 0.0390. The van der Waals surface area contributed by atoms with Gasteiger partial charge in [0.1, 0.15) is 0 Å². The lowest BCUT2D eigenvalue weighted by Gasteiger charge is -2.38. The average Bonchev–Trinajstić information content (AvgIpc) is 2.72. The molecule has 8 heteroatoms. The second kappa shape index (κ2) is 7.15. The molecule has 1 aliphatic heterocycles. The summed E-state index contributed by atoms with van der Waals surface area (Å²) >= 11 is 0. The number of benzene rings is 1. The number of carbonyl (C=O) groups is 3. The maximum Gasteiger partial charge on any atom is 0.256 e. The largest absolute Gasteiger partial charge is 0.504 e. The van der Waals surface area contributed by atoms with Gasteiger partial charge in [-0.1, -0.05) is 18.2 Å². The minimum atomic E-state index is -0.495. The number of hydrazine groups is 1. The number of aromatic nitrogens is 1. The van der Waals surface area contributed by atoms with E-state index < -0.39 is 11.8 Å². The number of nitrogens with zero attached hydrogens (tertiary/aromatic N) is 2. The molecule has 2 heterocycles. The molecule has 1 saturated heterocycles. The van der Waals surface area contributed by atoms with E-state index in [0.29, 0.717) is 18.5 Å². The van der Waals surface area contributed by atoms with Gasteiger partial charge >= 0.3 is 0 Å². The van der Waals surface area contributed by atoms with Gasteiger partial charge in [0.15, 0.2) is 11.6 Å². The lowest BCUT2D eigenvalue weighted by Crippen LogP contribution is -2.59. The van der Waals surface area contributed by atoms with E-state index in [-0.39, 0.29) is 34.9 Å². The Morgan fingerprint density at radius 2 is 1.93 bits per heavy atom. The predicted octanol–water partition coefficient (Wildman–Crippen LogP) is 2.00. The molecule has 2 aliphatic rings. The van der Waals surface area contributed by atoms with E-state index in [0.717, 1.165) is 0 Å². The number of fused-ring (bicyclic) bond motifs is 1. The number of carbonyl (C=O) groups excluding carboxylic acids is 3. The van der Waals surface area contributed by atoms with E-state index >= 15 is 0 Å². The highest BCUT2D eigenvalue weighted by molar-refractivity contribution is 6.07. The highest BCUT2D eigenvalue weighted by atomic mass is 16.3. The molecule has 3 N–H and O–H groups in total. The van der Waals surface area contributed by atoms with Gasteiger partial charge in [-0.3, -0.25) is 19.8 Å². The Morgan fingerprint density at radius 3 is 2.71 bits per heavy atom. The number of allylic oxidation sites excluding steroid dienone is 2. The standard InChI is InChI=1S/C20H18N4O4/c25-16-9-4-10-21-17(16)22-18(26)12-5-3-6-13(11-12)24-20(28)15-8-2-1-7-14(15)19(27)23-24/h1-6,9-11,14-15,25H,7-8H2,(H,23,27)(H,21,22,26)/t14-,15-/m0/s1. The van der Waals surface area contributed by atoms with Crippen molar-refractivity contribution < 1.29 is 19.5 Å². The lowest BCUT2D eigenvalue weighted by molar-refractivity contribution is -0.139.